The summed E-state index contributed by atoms with van der Waals surface area (Å²) >= 11 is 1.75. The van der Waals surface area contributed by atoms with E-state index in [0.29, 0.717) is 0 Å². The molecule has 0 saturated carbocycles. The topological polar surface area (TPSA) is 9.23 Å². The first-order valence-electron chi connectivity index (χ1n) is 6.05. The average molecular weight is 258 g/mol. The Labute approximate surface area is 113 Å². The maximum atomic E-state index is 5.87. The Hall–Kier alpha value is -1.41. The van der Waals surface area contributed by atoms with Gasteiger partial charge in [-0.05, 0) is 51.1 Å². The van der Waals surface area contributed by atoms with Crippen LogP contribution in [0.15, 0.2) is 64.4 Å². The monoisotopic (exact) mass is 258 g/mol. The third kappa shape index (κ3) is 4.11. The van der Waals surface area contributed by atoms with Crippen LogP contribution in [-0.2, 0) is 0 Å². The number of hydrogen-bond acceptors (Lipinski definition) is 2. The van der Waals surface area contributed by atoms with Gasteiger partial charge in [-0.2, -0.15) is 0 Å². The zero-order chi connectivity index (χ0) is 13.0. The molecule has 0 N–H and O–H groups in total. The van der Waals surface area contributed by atoms with E-state index in [-0.39, 0.29) is 5.60 Å². The summed E-state index contributed by atoms with van der Waals surface area (Å²) in [5.41, 5.74) is -0.157. The van der Waals surface area contributed by atoms with Crippen molar-refractivity contribution < 1.29 is 4.74 Å². The van der Waals surface area contributed by atoms with Crippen molar-refractivity contribution in [3.8, 4) is 5.75 Å². The molecule has 1 nitrogen and oxygen atoms in total. The predicted molar refractivity (Wildman–Crippen MR) is 77.4 cm³/mol. The number of rotatable bonds is 3. The molecule has 0 spiro atoms. The van der Waals surface area contributed by atoms with Gasteiger partial charge in [0.05, 0.1) is 0 Å². The van der Waals surface area contributed by atoms with Gasteiger partial charge in [0.25, 0.3) is 0 Å². The molecule has 0 aliphatic rings. The third-order valence-corrected chi connectivity index (χ3v) is 3.21. The highest BCUT2D eigenvalue weighted by Crippen LogP contribution is 2.30. The van der Waals surface area contributed by atoms with Gasteiger partial charge in [0, 0.05) is 9.79 Å². The molecule has 2 aromatic rings. The van der Waals surface area contributed by atoms with E-state index in [4.69, 9.17) is 4.74 Å². The fourth-order valence-corrected chi connectivity index (χ4v) is 2.47. The quantitative estimate of drug-likeness (QED) is 0.765. The van der Waals surface area contributed by atoms with Crippen LogP contribution in [0, 0.1) is 0 Å². The molecule has 0 bridgehead atoms. The minimum atomic E-state index is -0.157. The van der Waals surface area contributed by atoms with Crippen molar-refractivity contribution in [3.05, 3.63) is 54.6 Å². The van der Waals surface area contributed by atoms with Gasteiger partial charge in [-0.1, -0.05) is 36.0 Å². The minimum absolute atomic E-state index is 0.157. The molecular weight excluding hydrogens is 240 g/mol. The molecular formula is C16H18OS. The lowest BCUT2D eigenvalue weighted by molar-refractivity contribution is 0.130. The zero-order valence-electron chi connectivity index (χ0n) is 11.0. The van der Waals surface area contributed by atoms with Crippen molar-refractivity contribution in [2.45, 2.75) is 36.2 Å². The van der Waals surface area contributed by atoms with Gasteiger partial charge in [0.15, 0.2) is 0 Å². The van der Waals surface area contributed by atoms with Crippen LogP contribution in [0.3, 0.4) is 0 Å². The van der Waals surface area contributed by atoms with E-state index >= 15 is 0 Å². The van der Waals surface area contributed by atoms with Crippen LogP contribution in [0.25, 0.3) is 0 Å². The number of ether oxygens (including phenoxy) is 1. The van der Waals surface area contributed by atoms with Crippen LogP contribution < -0.4 is 4.74 Å². The lowest BCUT2D eigenvalue weighted by Crippen LogP contribution is -2.22. The maximum absolute atomic E-state index is 5.87. The Kier molecular flexibility index (Phi) is 3.97. The summed E-state index contributed by atoms with van der Waals surface area (Å²) < 4.78 is 5.87. The minimum Gasteiger partial charge on any atom is -0.488 e. The second-order valence-electron chi connectivity index (χ2n) is 5.10. The van der Waals surface area contributed by atoms with E-state index in [1.807, 2.05) is 18.2 Å². The van der Waals surface area contributed by atoms with Gasteiger partial charge in [0.2, 0.25) is 0 Å². The number of hydrogen-bond donors (Lipinski definition) is 0. The van der Waals surface area contributed by atoms with Gasteiger partial charge >= 0.3 is 0 Å². The molecule has 0 unspecified atom stereocenters. The van der Waals surface area contributed by atoms with Crippen molar-refractivity contribution in [1.82, 2.24) is 0 Å². The van der Waals surface area contributed by atoms with E-state index in [1.165, 1.54) is 9.79 Å². The molecule has 2 aromatic carbocycles. The van der Waals surface area contributed by atoms with Crippen molar-refractivity contribution >= 4 is 11.8 Å². The maximum Gasteiger partial charge on any atom is 0.121 e. The molecule has 0 aliphatic carbocycles. The molecule has 18 heavy (non-hydrogen) atoms. The van der Waals surface area contributed by atoms with Gasteiger partial charge in [-0.15, -0.1) is 0 Å². The molecule has 0 fully saturated rings. The molecule has 0 saturated heterocycles. The highest BCUT2D eigenvalue weighted by atomic mass is 32.2. The molecule has 0 radical (unpaired) electrons. The highest BCUT2D eigenvalue weighted by Gasteiger charge is 2.11. The van der Waals surface area contributed by atoms with Gasteiger partial charge < -0.3 is 4.74 Å². The summed E-state index contributed by atoms with van der Waals surface area (Å²) in [6.45, 7) is 6.18. The Morgan fingerprint density at radius 3 is 2.17 bits per heavy atom. The fourth-order valence-electron chi connectivity index (χ4n) is 1.58. The summed E-state index contributed by atoms with van der Waals surface area (Å²) in [4.78, 5) is 2.44. The SMILES string of the molecule is CC(C)(C)Oc1cccc(Sc2ccccc2)c1. The van der Waals surface area contributed by atoms with Crippen molar-refractivity contribution in [2.75, 3.05) is 0 Å². The first-order valence-corrected chi connectivity index (χ1v) is 6.87. The fraction of sp³-hybridized carbons (Fsp3) is 0.250. The van der Waals surface area contributed by atoms with Crippen molar-refractivity contribution in [1.29, 1.82) is 0 Å². The standard InChI is InChI=1S/C16H18OS/c1-16(2,3)17-13-8-7-11-15(12-13)18-14-9-5-4-6-10-14/h4-12H,1-3H3. The Balaban J connectivity index is 2.13. The summed E-state index contributed by atoms with van der Waals surface area (Å²) in [7, 11) is 0. The van der Waals surface area contributed by atoms with Gasteiger partial charge in [0.1, 0.15) is 11.4 Å². The van der Waals surface area contributed by atoms with E-state index in [0.717, 1.165) is 5.75 Å². The lowest BCUT2D eigenvalue weighted by Gasteiger charge is -2.21. The molecule has 2 rings (SSSR count). The first kappa shape index (κ1) is 13.0. The molecule has 0 aromatic heterocycles. The van der Waals surface area contributed by atoms with E-state index in [2.05, 4.69) is 57.2 Å². The highest BCUT2D eigenvalue weighted by molar-refractivity contribution is 7.99. The molecule has 2 heteroatoms. The molecule has 0 aliphatic heterocycles. The van der Waals surface area contributed by atoms with E-state index in [9.17, 15) is 0 Å². The molecule has 0 atom stereocenters. The van der Waals surface area contributed by atoms with Crippen LogP contribution in [-0.4, -0.2) is 5.60 Å². The predicted octanol–water partition coefficient (Wildman–Crippen LogP) is 5.02. The normalized spacial score (nSPS) is 11.3. The largest absolute Gasteiger partial charge is 0.488 e. The molecule has 94 valence electrons. The average Bonchev–Trinajstić information content (AvgIpc) is 2.28. The smallest absolute Gasteiger partial charge is 0.121 e. The van der Waals surface area contributed by atoms with Gasteiger partial charge in [-0.3, -0.25) is 0 Å². The van der Waals surface area contributed by atoms with Crippen molar-refractivity contribution in [3.63, 3.8) is 0 Å². The van der Waals surface area contributed by atoms with Crippen LogP contribution in [0.4, 0.5) is 0 Å². The van der Waals surface area contributed by atoms with Crippen molar-refractivity contribution in [2.24, 2.45) is 0 Å². The number of benzene rings is 2. The second-order valence-corrected chi connectivity index (χ2v) is 6.25. The Morgan fingerprint density at radius 1 is 0.833 bits per heavy atom. The second kappa shape index (κ2) is 5.49. The molecule has 0 heterocycles. The Morgan fingerprint density at radius 2 is 1.50 bits per heavy atom. The van der Waals surface area contributed by atoms with Crippen LogP contribution in [0.5, 0.6) is 5.75 Å². The zero-order valence-corrected chi connectivity index (χ0v) is 11.8. The summed E-state index contributed by atoms with van der Waals surface area (Å²) in [6, 6.07) is 18.6. The van der Waals surface area contributed by atoms with E-state index < -0.39 is 0 Å². The lowest BCUT2D eigenvalue weighted by atomic mass is 10.2. The first-order chi connectivity index (χ1) is 8.53. The Bertz CT molecular complexity index is 500. The van der Waals surface area contributed by atoms with Crippen LogP contribution in [0.2, 0.25) is 0 Å². The summed E-state index contributed by atoms with van der Waals surface area (Å²) in [5, 5.41) is 0. The third-order valence-electron chi connectivity index (χ3n) is 2.21. The summed E-state index contributed by atoms with van der Waals surface area (Å²) in [5.74, 6) is 0.920. The van der Waals surface area contributed by atoms with Crippen LogP contribution >= 0.6 is 11.8 Å². The molecule has 0 amide bonds. The van der Waals surface area contributed by atoms with Crippen LogP contribution in [0.1, 0.15) is 20.8 Å². The van der Waals surface area contributed by atoms with Gasteiger partial charge in [-0.25, -0.2) is 0 Å². The summed E-state index contributed by atoms with van der Waals surface area (Å²) in [6.07, 6.45) is 0. The van der Waals surface area contributed by atoms with E-state index in [1.54, 1.807) is 11.8 Å².